The molecule has 2 aliphatic rings. The number of ether oxygens (including phenoxy) is 2. The molecule has 4 rings (SSSR count). The summed E-state index contributed by atoms with van der Waals surface area (Å²) >= 11 is 0. The third kappa shape index (κ3) is 1.81. The Labute approximate surface area is 116 Å². The summed E-state index contributed by atoms with van der Waals surface area (Å²) in [4.78, 5) is 12.7. The average molecular weight is 270 g/mol. The van der Waals surface area contributed by atoms with Gasteiger partial charge in [0.15, 0.2) is 12.5 Å². The molecule has 20 heavy (non-hydrogen) atoms. The highest BCUT2D eigenvalue weighted by atomic mass is 16.6. The molecule has 0 amide bonds. The molecular formula is C14H14N4O2. The molecule has 102 valence electrons. The molecule has 0 unspecified atom stereocenters. The quantitative estimate of drug-likeness (QED) is 0.822. The lowest BCUT2D eigenvalue weighted by atomic mass is 10.3. The zero-order valence-corrected chi connectivity index (χ0v) is 10.8. The Hall–Kier alpha value is -2.18. The third-order valence-electron chi connectivity index (χ3n) is 3.51. The first-order chi connectivity index (χ1) is 9.93. The maximum Gasteiger partial charge on any atom is 0.181 e. The molecule has 6 nitrogen and oxygen atoms in total. The van der Waals surface area contributed by atoms with Crippen molar-refractivity contribution in [1.82, 2.24) is 9.97 Å². The van der Waals surface area contributed by atoms with Gasteiger partial charge < -0.3 is 19.3 Å². The van der Waals surface area contributed by atoms with Gasteiger partial charge >= 0.3 is 0 Å². The SMILES string of the molecule is c1ccc(N2CO[C@@H]3[C@H]2OCN3c2ccccn2)nc1. The van der Waals surface area contributed by atoms with Gasteiger partial charge in [0, 0.05) is 12.4 Å². The largest absolute Gasteiger partial charge is 0.333 e. The topological polar surface area (TPSA) is 50.7 Å². The predicted octanol–water partition coefficient (Wildman–Crippen LogP) is 1.42. The lowest BCUT2D eigenvalue weighted by Gasteiger charge is -2.21. The second-order valence-electron chi connectivity index (χ2n) is 4.69. The summed E-state index contributed by atoms with van der Waals surface area (Å²) in [6, 6.07) is 11.6. The number of anilines is 2. The molecule has 0 spiro atoms. The van der Waals surface area contributed by atoms with Crippen LogP contribution in [0.4, 0.5) is 11.6 Å². The molecule has 2 saturated heterocycles. The van der Waals surface area contributed by atoms with Gasteiger partial charge in [-0.25, -0.2) is 9.97 Å². The maximum atomic E-state index is 5.86. The summed E-state index contributed by atoms with van der Waals surface area (Å²) in [6.45, 7) is 0.936. The molecule has 0 aliphatic carbocycles. The number of aromatic nitrogens is 2. The van der Waals surface area contributed by atoms with Gasteiger partial charge in [-0.15, -0.1) is 0 Å². The van der Waals surface area contributed by atoms with Crippen molar-refractivity contribution in [1.29, 1.82) is 0 Å². The van der Waals surface area contributed by atoms with E-state index in [0.717, 1.165) is 11.6 Å². The van der Waals surface area contributed by atoms with Gasteiger partial charge in [0.2, 0.25) is 0 Å². The van der Waals surface area contributed by atoms with Crippen molar-refractivity contribution < 1.29 is 9.47 Å². The monoisotopic (exact) mass is 270 g/mol. The van der Waals surface area contributed by atoms with Crippen LogP contribution in [0.5, 0.6) is 0 Å². The van der Waals surface area contributed by atoms with Gasteiger partial charge in [-0.2, -0.15) is 0 Å². The second kappa shape index (κ2) is 4.73. The Bertz CT molecular complexity index is 527. The number of fused-ring (bicyclic) bond motifs is 1. The minimum absolute atomic E-state index is 0.146. The minimum atomic E-state index is -0.146. The molecule has 6 heteroatoms. The van der Waals surface area contributed by atoms with Crippen LogP contribution in [0.25, 0.3) is 0 Å². The first-order valence-electron chi connectivity index (χ1n) is 6.52. The van der Waals surface area contributed by atoms with E-state index in [9.17, 15) is 0 Å². The normalized spacial score (nSPS) is 25.0. The van der Waals surface area contributed by atoms with E-state index in [1.54, 1.807) is 12.4 Å². The molecule has 2 aliphatic heterocycles. The van der Waals surface area contributed by atoms with Crippen molar-refractivity contribution in [2.24, 2.45) is 0 Å². The van der Waals surface area contributed by atoms with Gasteiger partial charge in [-0.3, -0.25) is 0 Å². The predicted molar refractivity (Wildman–Crippen MR) is 72.9 cm³/mol. The number of rotatable bonds is 2. The molecule has 0 radical (unpaired) electrons. The maximum absolute atomic E-state index is 5.86. The van der Waals surface area contributed by atoms with Crippen molar-refractivity contribution in [3.05, 3.63) is 48.8 Å². The highest BCUT2D eigenvalue weighted by Crippen LogP contribution is 2.32. The summed E-state index contributed by atoms with van der Waals surface area (Å²) in [5.74, 6) is 1.73. The molecule has 0 aromatic carbocycles. The van der Waals surface area contributed by atoms with Crippen LogP contribution in [0, 0.1) is 0 Å². The van der Waals surface area contributed by atoms with Crippen LogP contribution in [0.15, 0.2) is 48.8 Å². The van der Waals surface area contributed by atoms with E-state index >= 15 is 0 Å². The van der Waals surface area contributed by atoms with Gasteiger partial charge in [0.1, 0.15) is 25.1 Å². The van der Waals surface area contributed by atoms with Crippen LogP contribution < -0.4 is 9.80 Å². The zero-order valence-electron chi connectivity index (χ0n) is 10.8. The van der Waals surface area contributed by atoms with Crippen molar-refractivity contribution in [3.63, 3.8) is 0 Å². The van der Waals surface area contributed by atoms with Crippen LogP contribution >= 0.6 is 0 Å². The Kier molecular flexibility index (Phi) is 2.75. The molecule has 0 saturated carbocycles. The first-order valence-corrected chi connectivity index (χ1v) is 6.52. The van der Waals surface area contributed by atoms with E-state index in [4.69, 9.17) is 9.47 Å². The van der Waals surface area contributed by atoms with Crippen LogP contribution in [0.1, 0.15) is 0 Å². The third-order valence-corrected chi connectivity index (χ3v) is 3.51. The molecule has 2 aromatic rings. The fourth-order valence-electron chi connectivity index (χ4n) is 2.55. The van der Waals surface area contributed by atoms with Crippen molar-refractivity contribution in [3.8, 4) is 0 Å². The van der Waals surface area contributed by atoms with Gasteiger partial charge in [0.25, 0.3) is 0 Å². The fourth-order valence-corrected chi connectivity index (χ4v) is 2.55. The first kappa shape index (κ1) is 11.6. The molecule has 2 aromatic heterocycles. The molecule has 4 heterocycles. The average Bonchev–Trinajstić information content (AvgIpc) is 3.10. The van der Waals surface area contributed by atoms with Crippen molar-refractivity contribution in [2.45, 2.75) is 12.5 Å². The fraction of sp³-hybridized carbons (Fsp3) is 0.286. The summed E-state index contributed by atoms with van der Waals surface area (Å²) in [5, 5.41) is 0. The highest BCUT2D eigenvalue weighted by Gasteiger charge is 2.46. The zero-order chi connectivity index (χ0) is 13.4. The van der Waals surface area contributed by atoms with Crippen LogP contribution in [0.3, 0.4) is 0 Å². The lowest BCUT2D eigenvalue weighted by Crippen LogP contribution is -2.38. The van der Waals surface area contributed by atoms with Crippen LogP contribution in [-0.2, 0) is 9.47 Å². The summed E-state index contributed by atoms with van der Waals surface area (Å²) in [6.07, 6.45) is 3.25. The van der Waals surface area contributed by atoms with E-state index in [2.05, 4.69) is 9.97 Å². The molecule has 2 atom stereocenters. The smallest absolute Gasteiger partial charge is 0.181 e. The van der Waals surface area contributed by atoms with Gasteiger partial charge in [-0.1, -0.05) is 12.1 Å². The van der Waals surface area contributed by atoms with Gasteiger partial charge in [0.05, 0.1) is 0 Å². The second-order valence-corrected chi connectivity index (χ2v) is 4.69. The van der Waals surface area contributed by atoms with E-state index in [1.807, 2.05) is 46.2 Å². The summed E-state index contributed by atoms with van der Waals surface area (Å²) in [5.41, 5.74) is 0. The van der Waals surface area contributed by atoms with Gasteiger partial charge in [-0.05, 0) is 24.3 Å². The summed E-state index contributed by atoms with van der Waals surface area (Å²) in [7, 11) is 0. The van der Waals surface area contributed by atoms with E-state index in [1.165, 1.54) is 0 Å². The number of nitrogens with zero attached hydrogens (tertiary/aromatic N) is 4. The Morgan fingerprint density at radius 2 is 1.30 bits per heavy atom. The van der Waals surface area contributed by atoms with Crippen LogP contribution in [-0.4, -0.2) is 35.9 Å². The Balaban J connectivity index is 1.59. The molecule has 0 N–H and O–H groups in total. The minimum Gasteiger partial charge on any atom is -0.333 e. The number of hydrogen-bond donors (Lipinski definition) is 0. The highest BCUT2D eigenvalue weighted by molar-refractivity contribution is 5.45. The lowest BCUT2D eigenvalue weighted by molar-refractivity contribution is 0.0736. The molecular weight excluding hydrogens is 256 g/mol. The van der Waals surface area contributed by atoms with E-state index in [-0.39, 0.29) is 12.5 Å². The number of pyridine rings is 2. The van der Waals surface area contributed by atoms with Crippen molar-refractivity contribution in [2.75, 3.05) is 23.3 Å². The van der Waals surface area contributed by atoms with E-state index in [0.29, 0.717) is 13.5 Å². The molecule has 2 fully saturated rings. The van der Waals surface area contributed by atoms with E-state index < -0.39 is 0 Å². The Morgan fingerprint density at radius 1 is 0.800 bits per heavy atom. The molecule has 0 bridgehead atoms. The standard InChI is InChI=1S/C14H14N4O2/c1-3-7-15-11(5-1)17-9-19-14-13(17)20-10-18(14)12-6-2-4-8-16-12/h1-8,13-14H,9-10H2/t13-,14-/m1/s1. The summed E-state index contributed by atoms with van der Waals surface area (Å²) < 4.78 is 11.7. The van der Waals surface area contributed by atoms with Crippen molar-refractivity contribution >= 4 is 11.6 Å². The number of hydrogen-bond acceptors (Lipinski definition) is 6. The Morgan fingerprint density at radius 3 is 1.70 bits per heavy atom. The van der Waals surface area contributed by atoms with Crippen LogP contribution in [0.2, 0.25) is 0 Å².